The number of carbonyl (C=O) groups excluding carboxylic acids is 1. The zero-order chi connectivity index (χ0) is 15.0. The molecule has 1 saturated heterocycles. The summed E-state index contributed by atoms with van der Waals surface area (Å²) in [5.74, 6) is -0.169. The summed E-state index contributed by atoms with van der Waals surface area (Å²) in [7, 11) is 0. The number of hydrogen-bond acceptors (Lipinski definition) is 2. The first-order chi connectivity index (χ1) is 10.0. The van der Waals surface area contributed by atoms with Crippen LogP contribution in [-0.2, 0) is 10.3 Å². The maximum atomic E-state index is 12.6. The van der Waals surface area contributed by atoms with Gasteiger partial charge in [-0.15, -0.1) is 0 Å². The lowest BCUT2D eigenvalue weighted by Crippen LogP contribution is -2.44. The van der Waals surface area contributed by atoms with Gasteiger partial charge in [-0.05, 0) is 47.6 Å². The molecule has 0 radical (unpaired) electrons. The minimum Gasteiger partial charge on any atom is -0.341 e. The van der Waals surface area contributed by atoms with E-state index in [1.165, 1.54) is 0 Å². The number of hydrogen-bond donors (Lipinski definition) is 2. The Balaban J connectivity index is 2.20. The minimum absolute atomic E-state index is 0.169. The maximum absolute atomic E-state index is 12.6. The number of nitrogens with one attached hydrogen (secondary N) is 2. The molecule has 6 heteroatoms. The molecule has 0 bridgehead atoms. The van der Waals surface area contributed by atoms with Crippen molar-refractivity contribution in [1.29, 1.82) is 0 Å². The van der Waals surface area contributed by atoms with Crippen molar-refractivity contribution in [3.05, 3.63) is 68.6 Å². The summed E-state index contributed by atoms with van der Waals surface area (Å²) in [6.45, 7) is 0. The molecule has 1 aliphatic heterocycles. The van der Waals surface area contributed by atoms with E-state index >= 15 is 0 Å². The summed E-state index contributed by atoms with van der Waals surface area (Å²) in [5.41, 5.74) is 0.689. The first kappa shape index (κ1) is 14.7. The van der Waals surface area contributed by atoms with E-state index in [1.807, 2.05) is 48.5 Å². The van der Waals surface area contributed by atoms with Gasteiger partial charge < -0.3 is 10.6 Å². The highest BCUT2D eigenvalue weighted by atomic mass is 79.9. The first-order valence-electron chi connectivity index (χ1n) is 6.18. The second kappa shape index (κ2) is 5.51. The molecule has 1 heterocycles. The Morgan fingerprint density at radius 1 is 0.857 bits per heavy atom. The number of benzene rings is 2. The van der Waals surface area contributed by atoms with E-state index in [-0.39, 0.29) is 5.91 Å². The van der Waals surface area contributed by atoms with Gasteiger partial charge in [0.1, 0.15) is 0 Å². The predicted molar refractivity (Wildman–Crippen MR) is 92.9 cm³/mol. The van der Waals surface area contributed by atoms with E-state index < -0.39 is 5.54 Å². The van der Waals surface area contributed by atoms with Crippen molar-refractivity contribution >= 4 is 55.1 Å². The molecule has 0 spiro atoms. The number of thiocarbonyl (C=S) groups is 1. The van der Waals surface area contributed by atoms with Crippen molar-refractivity contribution < 1.29 is 4.79 Å². The molecule has 0 unspecified atom stereocenters. The fraction of sp³-hybridized carbons (Fsp3) is 0.0667. The largest absolute Gasteiger partial charge is 0.341 e. The van der Waals surface area contributed by atoms with Gasteiger partial charge in [0.2, 0.25) is 0 Å². The zero-order valence-electron chi connectivity index (χ0n) is 10.7. The average Bonchev–Trinajstić information content (AvgIpc) is 2.76. The molecule has 0 atom stereocenters. The summed E-state index contributed by atoms with van der Waals surface area (Å²) in [6.07, 6.45) is 0. The summed E-state index contributed by atoms with van der Waals surface area (Å²) in [6, 6.07) is 15.3. The lowest BCUT2D eigenvalue weighted by molar-refractivity contribution is -0.122. The zero-order valence-corrected chi connectivity index (χ0v) is 14.7. The molecule has 0 aromatic heterocycles. The Hall–Kier alpha value is -1.24. The van der Waals surface area contributed by atoms with Crippen LogP contribution < -0.4 is 10.6 Å². The molecule has 3 rings (SSSR count). The monoisotopic (exact) mass is 424 g/mol. The van der Waals surface area contributed by atoms with E-state index in [0.29, 0.717) is 5.11 Å². The van der Waals surface area contributed by atoms with Crippen LogP contribution in [0.3, 0.4) is 0 Å². The predicted octanol–water partition coefficient (Wildman–Crippen LogP) is 3.46. The fourth-order valence-electron chi connectivity index (χ4n) is 2.43. The van der Waals surface area contributed by atoms with Crippen LogP contribution in [0.5, 0.6) is 0 Å². The summed E-state index contributed by atoms with van der Waals surface area (Å²) in [5, 5.41) is 6.16. The van der Waals surface area contributed by atoms with Gasteiger partial charge in [-0.25, -0.2) is 0 Å². The van der Waals surface area contributed by atoms with Gasteiger partial charge in [0.05, 0.1) is 0 Å². The highest BCUT2D eigenvalue weighted by molar-refractivity contribution is 9.10. The number of amides is 1. The molecule has 1 amide bonds. The van der Waals surface area contributed by atoms with Crippen molar-refractivity contribution in [3.63, 3.8) is 0 Å². The summed E-state index contributed by atoms with van der Waals surface area (Å²) >= 11 is 12.0. The van der Waals surface area contributed by atoms with Crippen LogP contribution in [0.1, 0.15) is 11.1 Å². The van der Waals surface area contributed by atoms with E-state index in [1.54, 1.807) is 0 Å². The molecule has 21 heavy (non-hydrogen) atoms. The van der Waals surface area contributed by atoms with Gasteiger partial charge >= 0.3 is 0 Å². The van der Waals surface area contributed by atoms with Crippen LogP contribution in [-0.4, -0.2) is 11.0 Å². The smallest absolute Gasteiger partial charge is 0.261 e. The van der Waals surface area contributed by atoms with Gasteiger partial charge in [0.25, 0.3) is 5.91 Å². The molecule has 0 saturated carbocycles. The van der Waals surface area contributed by atoms with Crippen LogP contribution in [0.15, 0.2) is 57.5 Å². The molecule has 0 aliphatic carbocycles. The molecule has 2 N–H and O–H groups in total. The SMILES string of the molecule is O=C1NC(=S)NC1(c1ccc(Br)cc1)c1ccc(Br)cc1. The summed E-state index contributed by atoms with van der Waals surface area (Å²) < 4.78 is 1.91. The first-order valence-corrected chi connectivity index (χ1v) is 8.17. The van der Waals surface area contributed by atoms with Crippen molar-refractivity contribution in [2.24, 2.45) is 0 Å². The normalized spacial score (nSPS) is 16.5. The van der Waals surface area contributed by atoms with Crippen molar-refractivity contribution in [2.75, 3.05) is 0 Å². The van der Waals surface area contributed by atoms with Gasteiger partial charge in [-0.2, -0.15) is 0 Å². The van der Waals surface area contributed by atoms with Crippen LogP contribution in [0.2, 0.25) is 0 Å². The van der Waals surface area contributed by atoms with E-state index in [4.69, 9.17) is 12.2 Å². The van der Waals surface area contributed by atoms with Gasteiger partial charge in [0, 0.05) is 8.95 Å². The fourth-order valence-corrected chi connectivity index (χ4v) is 3.20. The Morgan fingerprint density at radius 2 is 1.29 bits per heavy atom. The third-order valence-electron chi connectivity index (χ3n) is 3.42. The van der Waals surface area contributed by atoms with Crippen molar-refractivity contribution in [1.82, 2.24) is 10.6 Å². The highest BCUT2D eigenvalue weighted by Crippen LogP contribution is 2.34. The van der Waals surface area contributed by atoms with Crippen LogP contribution in [0.25, 0.3) is 0 Å². The molecule has 106 valence electrons. The molecule has 1 aliphatic rings. The Morgan fingerprint density at radius 3 is 1.62 bits per heavy atom. The maximum Gasteiger partial charge on any atom is 0.261 e. The topological polar surface area (TPSA) is 41.1 Å². The Labute approximate surface area is 144 Å². The number of carbonyl (C=O) groups is 1. The second-order valence-corrected chi connectivity index (χ2v) is 6.91. The molecule has 3 nitrogen and oxygen atoms in total. The van der Waals surface area contributed by atoms with Crippen LogP contribution in [0.4, 0.5) is 0 Å². The lowest BCUT2D eigenvalue weighted by atomic mass is 9.83. The van der Waals surface area contributed by atoms with Gasteiger partial charge in [-0.1, -0.05) is 56.1 Å². The average molecular weight is 426 g/mol. The molecular weight excluding hydrogens is 416 g/mol. The minimum atomic E-state index is -0.988. The molecule has 1 fully saturated rings. The van der Waals surface area contributed by atoms with Crippen molar-refractivity contribution in [3.8, 4) is 0 Å². The third kappa shape index (κ3) is 2.52. The Bertz CT molecular complexity index is 668. The molecular formula is C15H10Br2N2OS. The van der Waals surface area contributed by atoms with E-state index in [9.17, 15) is 4.79 Å². The van der Waals surface area contributed by atoms with Gasteiger partial charge in [-0.3, -0.25) is 4.79 Å². The Kier molecular flexibility index (Phi) is 3.86. The van der Waals surface area contributed by atoms with E-state index in [0.717, 1.165) is 20.1 Å². The third-order valence-corrected chi connectivity index (χ3v) is 4.68. The number of rotatable bonds is 2. The summed E-state index contributed by atoms with van der Waals surface area (Å²) in [4.78, 5) is 12.6. The molecule has 2 aromatic carbocycles. The number of halogens is 2. The van der Waals surface area contributed by atoms with E-state index in [2.05, 4.69) is 42.5 Å². The highest BCUT2D eigenvalue weighted by Gasteiger charge is 2.47. The standard InChI is InChI=1S/C15H10Br2N2OS/c16-11-5-1-9(2-6-11)15(13(20)18-14(21)19-15)10-3-7-12(17)8-4-10/h1-8H,(H2,18,19,20,21). The second-order valence-electron chi connectivity index (χ2n) is 4.67. The molecule has 2 aromatic rings. The van der Waals surface area contributed by atoms with Crippen LogP contribution >= 0.6 is 44.1 Å². The van der Waals surface area contributed by atoms with Crippen LogP contribution in [0, 0.1) is 0 Å². The quantitative estimate of drug-likeness (QED) is 0.724. The van der Waals surface area contributed by atoms with Gasteiger partial charge in [0.15, 0.2) is 10.7 Å². The lowest BCUT2D eigenvalue weighted by Gasteiger charge is -2.27. The van der Waals surface area contributed by atoms with Crippen molar-refractivity contribution in [2.45, 2.75) is 5.54 Å².